The molecule has 2 N–H and O–H groups in total. The number of hydrogen-bond acceptors (Lipinski definition) is 2. The van der Waals surface area contributed by atoms with Crippen LogP contribution in [0.4, 0.5) is 0 Å². The number of hydrogen-bond donors (Lipinski definition) is 2. The molecule has 3 heteroatoms. The molecule has 0 aromatic rings. The van der Waals surface area contributed by atoms with E-state index in [-0.39, 0.29) is 11.8 Å². The van der Waals surface area contributed by atoms with Crippen LogP contribution in [0.25, 0.3) is 0 Å². The Labute approximate surface area is 78.8 Å². The van der Waals surface area contributed by atoms with Crippen LogP contribution in [0.15, 0.2) is 0 Å². The topological polar surface area (TPSA) is 57.5 Å². The zero-order valence-electron chi connectivity index (χ0n) is 8.29. The Morgan fingerprint density at radius 2 is 2.31 bits per heavy atom. The van der Waals surface area contributed by atoms with Crippen LogP contribution in [-0.2, 0) is 4.79 Å². The first-order valence-electron chi connectivity index (χ1n) is 4.94. The van der Waals surface area contributed by atoms with Crippen LogP contribution < -0.4 is 0 Å². The van der Waals surface area contributed by atoms with E-state index in [1.54, 1.807) is 6.92 Å². The van der Waals surface area contributed by atoms with Gasteiger partial charge < -0.3 is 10.2 Å². The molecular formula is C10H18O3. The van der Waals surface area contributed by atoms with E-state index >= 15 is 0 Å². The second kappa shape index (κ2) is 3.66. The Kier molecular flexibility index (Phi) is 2.96. The molecule has 1 aliphatic carbocycles. The fourth-order valence-corrected chi connectivity index (χ4v) is 2.44. The largest absolute Gasteiger partial charge is 0.481 e. The maximum Gasteiger partial charge on any atom is 0.306 e. The van der Waals surface area contributed by atoms with Crippen molar-refractivity contribution in [2.45, 2.75) is 45.1 Å². The number of carboxylic acids is 1. The molecule has 0 radical (unpaired) electrons. The lowest BCUT2D eigenvalue weighted by Crippen LogP contribution is -2.37. The zero-order valence-corrected chi connectivity index (χ0v) is 8.29. The minimum Gasteiger partial charge on any atom is -0.481 e. The number of rotatable bonds is 3. The molecule has 13 heavy (non-hydrogen) atoms. The Morgan fingerprint density at radius 1 is 1.69 bits per heavy atom. The van der Waals surface area contributed by atoms with E-state index in [0.29, 0.717) is 6.42 Å². The lowest BCUT2D eigenvalue weighted by molar-refractivity contribution is -0.147. The van der Waals surface area contributed by atoms with Crippen molar-refractivity contribution in [1.82, 2.24) is 0 Å². The Balaban J connectivity index is 2.74. The molecule has 1 saturated carbocycles. The molecule has 0 bridgehead atoms. The molecule has 0 aromatic carbocycles. The van der Waals surface area contributed by atoms with Crippen molar-refractivity contribution in [2.75, 3.05) is 0 Å². The summed E-state index contributed by atoms with van der Waals surface area (Å²) in [6.07, 6.45) is 3.14. The number of aliphatic hydroxyl groups is 1. The zero-order chi connectivity index (χ0) is 10.1. The molecule has 1 fully saturated rings. The molecular weight excluding hydrogens is 168 g/mol. The summed E-state index contributed by atoms with van der Waals surface area (Å²) in [6.45, 7) is 3.63. The van der Waals surface area contributed by atoms with E-state index in [1.807, 2.05) is 6.92 Å². The molecule has 0 aromatic heterocycles. The van der Waals surface area contributed by atoms with Crippen molar-refractivity contribution in [3.05, 3.63) is 0 Å². The molecule has 0 spiro atoms. The molecule has 3 nitrogen and oxygen atoms in total. The van der Waals surface area contributed by atoms with Crippen LogP contribution in [0, 0.1) is 11.8 Å². The van der Waals surface area contributed by atoms with Gasteiger partial charge >= 0.3 is 5.97 Å². The average Bonchev–Trinajstić information content (AvgIpc) is 2.32. The van der Waals surface area contributed by atoms with Crippen molar-refractivity contribution < 1.29 is 15.0 Å². The summed E-state index contributed by atoms with van der Waals surface area (Å²) in [4.78, 5) is 10.9. The monoisotopic (exact) mass is 186 g/mol. The smallest absolute Gasteiger partial charge is 0.306 e. The highest BCUT2D eigenvalue weighted by atomic mass is 16.4. The summed E-state index contributed by atoms with van der Waals surface area (Å²) in [5.74, 6) is -1.21. The van der Waals surface area contributed by atoms with Gasteiger partial charge in [-0.25, -0.2) is 0 Å². The van der Waals surface area contributed by atoms with Crippen LogP contribution in [0.3, 0.4) is 0 Å². The van der Waals surface area contributed by atoms with Gasteiger partial charge in [-0.05, 0) is 26.2 Å². The fraction of sp³-hybridized carbons (Fsp3) is 0.900. The molecule has 3 unspecified atom stereocenters. The molecule has 0 saturated heterocycles. The van der Waals surface area contributed by atoms with Gasteiger partial charge in [0.25, 0.3) is 0 Å². The van der Waals surface area contributed by atoms with E-state index in [9.17, 15) is 9.90 Å². The number of carbonyl (C=O) groups is 1. The first-order chi connectivity index (χ1) is 5.99. The predicted molar refractivity (Wildman–Crippen MR) is 49.4 cm³/mol. The van der Waals surface area contributed by atoms with Gasteiger partial charge in [0.05, 0.1) is 11.5 Å². The van der Waals surface area contributed by atoms with Crippen LogP contribution >= 0.6 is 0 Å². The van der Waals surface area contributed by atoms with Crippen molar-refractivity contribution in [3.63, 3.8) is 0 Å². The fourth-order valence-electron chi connectivity index (χ4n) is 2.44. The van der Waals surface area contributed by atoms with Crippen molar-refractivity contribution >= 4 is 5.97 Å². The maximum atomic E-state index is 10.9. The molecule has 0 aliphatic heterocycles. The van der Waals surface area contributed by atoms with Crippen LogP contribution in [0.1, 0.15) is 39.5 Å². The third-order valence-electron chi connectivity index (χ3n) is 3.24. The van der Waals surface area contributed by atoms with Gasteiger partial charge in [0.15, 0.2) is 0 Å². The van der Waals surface area contributed by atoms with Crippen molar-refractivity contribution in [3.8, 4) is 0 Å². The van der Waals surface area contributed by atoms with Gasteiger partial charge in [-0.1, -0.05) is 13.3 Å². The SMILES string of the molecule is CCC(C(=O)O)C1CCCC1(C)O. The van der Waals surface area contributed by atoms with Crippen LogP contribution in [0.2, 0.25) is 0 Å². The van der Waals surface area contributed by atoms with Gasteiger partial charge in [-0.2, -0.15) is 0 Å². The number of carboxylic acid groups (broad SMARTS) is 1. The Bertz CT molecular complexity index is 198. The summed E-state index contributed by atoms with van der Waals surface area (Å²) in [5.41, 5.74) is -0.765. The molecule has 1 rings (SSSR count). The highest BCUT2D eigenvalue weighted by molar-refractivity contribution is 5.70. The summed E-state index contributed by atoms with van der Waals surface area (Å²) < 4.78 is 0. The Hall–Kier alpha value is -0.570. The van der Waals surface area contributed by atoms with Gasteiger partial charge in [0, 0.05) is 5.92 Å². The summed E-state index contributed by atoms with van der Waals surface area (Å²) in [6, 6.07) is 0. The highest BCUT2D eigenvalue weighted by Gasteiger charge is 2.43. The Morgan fingerprint density at radius 3 is 2.62 bits per heavy atom. The van der Waals surface area contributed by atoms with Gasteiger partial charge in [-0.3, -0.25) is 4.79 Å². The molecule has 3 atom stereocenters. The van der Waals surface area contributed by atoms with Crippen LogP contribution in [0.5, 0.6) is 0 Å². The van der Waals surface area contributed by atoms with E-state index in [0.717, 1.165) is 19.3 Å². The van der Waals surface area contributed by atoms with E-state index < -0.39 is 11.6 Å². The summed E-state index contributed by atoms with van der Waals surface area (Å²) >= 11 is 0. The normalized spacial score (nSPS) is 36.1. The third kappa shape index (κ3) is 2.02. The highest BCUT2D eigenvalue weighted by Crippen LogP contribution is 2.41. The lowest BCUT2D eigenvalue weighted by Gasteiger charge is -2.29. The predicted octanol–water partition coefficient (Wildman–Crippen LogP) is 1.65. The third-order valence-corrected chi connectivity index (χ3v) is 3.24. The number of aliphatic carboxylic acids is 1. The molecule has 0 heterocycles. The van der Waals surface area contributed by atoms with E-state index in [2.05, 4.69) is 0 Å². The molecule has 1 aliphatic rings. The van der Waals surface area contributed by atoms with Crippen LogP contribution in [-0.4, -0.2) is 21.8 Å². The van der Waals surface area contributed by atoms with E-state index in [4.69, 9.17) is 5.11 Å². The lowest BCUT2D eigenvalue weighted by atomic mass is 9.80. The van der Waals surface area contributed by atoms with Gasteiger partial charge in [0.1, 0.15) is 0 Å². The van der Waals surface area contributed by atoms with Gasteiger partial charge in [-0.15, -0.1) is 0 Å². The quantitative estimate of drug-likeness (QED) is 0.704. The summed E-state index contributed by atoms with van der Waals surface area (Å²) in [5, 5.41) is 18.9. The van der Waals surface area contributed by atoms with Crippen molar-refractivity contribution in [2.24, 2.45) is 11.8 Å². The first kappa shape index (κ1) is 10.5. The molecule has 0 amide bonds. The second-order valence-electron chi connectivity index (χ2n) is 4.21. The van der Waals surface area contributed by atoms with Crippen molar-refractivity contribution in [1.29, 1.82) is 0 Å². The standard InChI is InChI=1S/C10H18O3/c1-3-7(9(11)12)8-5-4-6-10(8,2)13/h7-8,13H,3-6H2,1-2H3,(H,11,12). The maximum absolute atomic E-state index is 10.9. The minimum absolute atomic E-state index is 0.0602. The summed E-state index contributed by atoms with van der Waals surface area (Å²) in [7, 11) is 0. The first-order valence-corrected chi connectivity index (χ1v) is 4.94. The van der Waals surface area contributed by atoms with Gasteiger partial charge in [0.2, 0.25) is 0 Å². The van der Waals surface area contributed by atoms with E-state index in [1.165, 1.54) is 0 Å². The second-order valence-corrected chi connectivity index (χ2v) is 4.21. The molecule has 76 valence electrons. The minimum atomic E-state index is -0.769. The average molecular weight is 186 g/mol.